The molecule has 1 aromatic carbocycles. The summed E-state index contributed by atoms with van der Waals surface area (Å²) in [6, 6.07) is 4.63. The van der Waals surface area contributed by atoms with Gasteiger partial charge in [0.25, 0.3) is 10.2 Å². The first-order chi connectivity index (χ1) is 8.72. The number of hydrogen-bond acceptors (Lipinski definition) is 4. The van der Waals surface area contributed by atoms with Crippen molar-refractivity contribution in [1.29, 1.82) is 0 Å². The lowest BCUT2D eigenvalue weighted by Gasteiger charge is -2.18. The fourth-order valence-corrected chi connectivity index (χ4v) is 2.09. The summed E-state index contributed by atoms with van der Waals surface area (Å²) in [7, 11) is -1.20. The Morgan fingerprint density at radius 1 is 1.32 bits per heavy atom. The van der Waals surface area contributed by atoms with E-state index in [1.54, 1.807) is 0 Å². The van der Waals surface area contributed by atoms with Crippen molar-refractivity contribution in [2.24, 2.45) is 0 Å². The van der Waals surface area contributed by atoms with Gasteiger partial charge < -0.3 is 10.2 Å². The van der Waals surface area contributed by atoms with Crippen molar-refractivity contribution in [3.05, 3.63) is 29.8 Å². The van der Waals surface area contributed by atoms with Gasteiger partial charge in [-0.05, 0) is 24.1 Å². The summed E-state index contributed by atoms with van der Waals surface area (Å²) < 4.78 is 26.2. The molecule has 0 saturated heterocycles. The molecular formula is C11H16N2O5S. The Morgan fingerprint density at radius 3 is 2.26 bits per heavy atom. The Morgan fingerprint density at radius 2 is 1.84 bits per heavy atom. The van der Waals surface area contributed by atoms with E-state index in [1.165, 1.54) is 38.4 Å². The zero-order chi connectivity index (χ0) is 14.6. The molecule has 0 aliphatic rings. The van der Waals surface area contributed by atoms with Crippen LogP contribution in [0, 0.1) is 0 Å². The molecule has 0 radical (unpaired) electrons. The van der Waals surface area contributed by atoms with E-state index < -0.39 is 22.2 Å². The van der Waals surface area contributed by atoms with Crippen molar-refractivity contribution >= 4 is 16.2 Å². The summed E-state index contributed by atoms with van der Waals surface area (Å²) in [6.07, 6.45) is -0.0112. The molecule has 0 bridgehead atoms. The van der Waals surface area contributed by atoms with Gasteiger partial charge in [-0.3, -0.25) is 4.79 Å². The lowest BCUT2D eigenvalue weighted by atomic mass is 10.1. The molecular weight excluding hydrogens is 272 g/mol. The third kappa shape index (κ3) is 4.51. The SMILES string of the molecule is CN(C)S(=O)(=O)NC(Cc1ccc(O)cc1)C(=O)O. The van der Waals surface area contributed by atoms with E-state index in [9.17, 15) is 13.2 Å². The highest BCUT2D eigenvalue weighted by atomic mass is 32.2. The second-order valence-electron chi connectivity index (χ2n) is 4.17. The van der Waals surface area contributed by atoms with Gasteiger partial charge in [-0.2, -0.15) is 17.4 Å². The van der Waals surface area contributed by atoms with Crippen molar-refractivity contribution in [1.82, 2.24) is 9.03 Å². The number of phenolic OH excluding ortho intramolecular Hbond substituents is 1. The molecule has 0 heterocycles. The first kappa shape index (κ1) is 15.4. The number of phenols is 1. The molecule has 19 heavy (non-hydrogen) atoms. The lowest BCUT2D eigenvalue weighted by molar-refractivity contribution is -0.138. The van der Waals surface area contributed by atoms with Crippen LogP contribution in [0.5, 0.6) is 5.75 Å². The Kier molecular flexibility index (Phi) is 4.87. The van der Waals surface area contributed by atoms with Crippen LogP contribution in [0.15, 0.2) is 24.3 Å². The van der Waals surface area contributed by atoms with Gasteiger partial charge in [0.1, 0.15) is 11.8 Å². The number of rotatable bonds is 6. The van der Waals surface area contributed by atoms with Crippen molar-refractivity contribution in [2.75, 3.05) is 14.1 Å². The van der Waals surface area contributed by atoms with Gasteiger partial charge in [0, 0.05) is 14.1 Å². The highest BCUT2D eigenvalue weighted by Gasteiger charge is 2.25. The Hall–Kier alpha value is -1.64. The molecule has 0 fully saturated rings. The summed E-state index contributed by atoms with van der Waals surface area (Å²) in [6.45, 7) is 0. The molecule has 0 amide bonds. The van der Waals surface area contributed by atoms with E-state index >= 15 is 0 Å². The number of nitrogens with one attached hydrogen (secondary N) is 1. The number of hydrogen-bond donors (Lipinski definition) is 3. The van der Waals surface area contributed by atoms with Crippen molar-refractivity contribution in [3.8, 4) is 5.75 Å². The minimum atomic E-state index is -3.82. The van der Waals surface area contributed by atoms with Crippen LogP contribution in [0.3, 0.4) is 0 Å². The van der Waals surface area contributed by atoms with Crippen molar-refractivity contribution in [3.63, 3.8) is 0 Å². The number of benzene rings is 1. The molecule has 3 N–H and O–H groups in total. The van der Waals surface area contributed by atoms with E-state index in [4.69, 9.17) is 10.2 Å². The fraction of sp³-hybridized carbons (Fsp3) is 0.364. The Bertz CT molecular complexity index is 539. The van der Waals surface area contributed by atoms with Gasteiger partial charge in [-0.25, -0.2) is 0 Å². The summed E-state index contributed by atoms with van der Waals surface area (Å²) in [5.41, 5.74) is 0.603. The molecule has 0 aliphatic heterocycles. The summed E-state index contributed by atoms with van der Waals surface area (Å²) >= 11 is 0. The van der Waals surface area contributed by atoms with E-state index in [-0.39, 0.29) is 12.2 Å². The number of nitrogens with zero attached hydrogens (tertiary/aromatic N) is 1. The van der Waals surface area contributed by atoms with Gasteiger partial charge in [0.15, 0.2) is 0 Å². The number of aromatic hydroxyl groups is 1. The molecule has 106 valence electrons. The second-order valence-corrected chi connectivity index (χ2v) is 6.08. The average Bonchev–Trinajstić information content (AvgIpc) is 2.30. The minimum Gasteiger partial charge on any atom is -0.508 e. The summed E-state index contributed by atoms with van der Waals surface area (Å²) in [4.78, 5) is 11.1. The maximum absolute atomic E-state index is 11.6. The average molecular weight is 288 g/mol. The molecule has 1 atom stereocenters. The highest BCUT2D eigenvalue weighted by Crippen LogP contribution is 2.12. The monoisotopic (exact) mass is 288 g/mol. The van der Waals surface area contributed by atoms with Crippen LogP contribution < -0.4 is 4.72 Å². The Labute approximate surface area is 111 Å². The number of carbonyl (C=O) groups is 1. The van der Waals surface area contributed by atoms with Gasteiger partial charge in [0.05, 0.1) is 0 Å². The molecule has 7 nitrogen and oxygen atoms in total. The van der Waals surface area contributed by atoms with Crippen LogP contribution in [0.25, 0.3) is 0 Å². The third-order valence-electron chi connectivity index (χ3n) is 2.45. The van der Waals surface area contributed by atoms with Crippen LogP contribution in [0.4, 0.5) is 0 Å². The number of carboxylic acids is 1. The quantitative estimate of drug-likeness (QED) is 0.671. The van der Waals surface area contributed by atoms with E-state index in [0.717, 1.165) is 4.31 Å². The predicted molar refractivity (Wildman–Crippen MR) is 69.0 cm³/mol. The van der Waals surface area contributed by atoms with E-state index in [1.807, 2.05) is 0 Å². The second kappa shape index (κ2) is 6.00. The smallest absolute Gasteiger partial charge is 0.322 e. The summed E-state index contributed by atoms with van der Waals surface area (Å²) in [5, 5.41) is 18.2. The van der Waals surface area contributed by atoms with Crippen LogP contribution in [-0.4, -0.2) is 49.0 Å². The largest absolute Gasteiger partial charge is 0.508 e. The zero-order valence-corrected chi connectivity index (χ0v) is 11.4. The lowest BCUT2D eigenvalue weighted by Crippen LogP contribution is -2.47. The predicted octanol–water partition coefficient (Wildman–Crippen LogP) is -0.216. The van der Waals surface area contributed by atoms with Gasteiger partial charge in [0.2, 0.25) is 0 Å². The molecule has 0 aliphatic carbocycles. The molecule has 1 rings (SSSR count). The summed E-state index contributed by atoms with van der Waals surface area (Å²) in [5.74, 6) is -1.21. The minimum absolute atomic E-state index is 0.0112. The normalized spacial score (nSPS) is 13.4. The van der Waals surface area contributed by atoms with Crippen molar-refractivity contribution < 1.29 is 23.4 Å². The molecule has 0 aromatic heterocycles. The standard InChI is InChI=1S/C11H16N2O5S/c1-13(2)19(17,18)12-10(11(15)16)7-8-3-5-9(14)6-4-8/h3-6,10,12,14H,7H2,1-2H3,(H,15,16). The maximum atomic E-state index is 11.6. The van der Waals surface area contributed by atoms with Gasteiger partial charge in [-0.1, -0.05) is 12.1 Å². The van der Waals surface area contributed by atoms with Crippen LogP contribution >= 0.6 is 0 Å². The van der Waals surface area contributed by atoms with Crippen LogP contribution in [0.2, 0.25) is 0 Å². The molecule has 1 aromatic rings. The van der Waals surface area contributed by atoms with Crippen LogP contribution in [0.1, 0.15) is 5.56 Å². The molecule has 8 heteroatoms. The topological polar surface area (TPSA) is 107 Å². The molecule has 1 unspecified atom stereocenters. The number of aliphatic carboxylic acids is 1. The van der Waals surface area contributed by atoms with E-state index in [0.29, 0.717) is 5.56 Å². The van der Waals surface area contributed by atoms with Crippen molar-refractivity contribution in [2.45, 2.75) is 12.5 Å². The van der Waals surface area contributed by atoms with Gasteiger partial charge >= 0.3 is 5.97 Å². The maximum Gasteiger partial charge on any atom is 0.322 e. The van der Waals surface area contributed by atoms with E-state index in [2.05, 4.69) is 4.72 Å². The first-order valence-corrected chi connectivity index (χ1v) is 6.87. The first-order valence-electron chi connectivity index (χ1n) is 5.43. The van der Waals surface area contributed by atoms with Gasteiger partial charge in [-0.15, -0.1) is 0 Å². The fourth-order valence-electron chi connectivity index (χ4n) is 1.33. The zero-order valence-electron chi connectivity index (χ0n) is 10.6. The number of carboxylic acid groups (broad SMARTS) is 1. The highest BCUT2D eigenvalue weighted by molar-refractivity contribution is 7.87. The third-order valence-corrected chi connectivity index (χ3v) is 3.99. The molecule has 0 spiro atoms. The molecule has 0 saturated carbocycles. The van der Waals surface area contributed by atoms with Crippen LogP contribution in [-0.2, 0) is 21.4 Å². The Balaban J connectivity index is 2.85.